The zero-order valence-electron chi connectivity index (χ0n) is 7.51. The van der Waals surface area contributed by atoms with Gasteiger partial charge in [0.15, 0.2) is 11.5 Å². The molecule has 1 aromatic heterocycles. The highest BCUT2D eigenvalue weighted by Crippen LogP contribution is 2.14. The Morgan fingerprint density at radius 2 is 2.08 bits per heavy atom. The summed E-state index contributed by atoms with van der Waals surface area (Å²) >= 11 is 0. The number of oxazole rings is 1. The van der Waals surface area contributed by atoms with E-state index >= 15 is 0 Å². The molecule has 1 heterocycles. The van der Waals surface area contributed by atoms with Crippen LogP contribution in [0.4, 0.5) is 0 Å². The predicted molar refractivity (Wildman–Crippen MR) is 51.7 cm³/mol. The van der Waals surface area contributed by atoms with Crippen LogP contribution < -0.4 is 5.46 Å². The summed E-state index contributed by atoms with van der Waals surface area (Å²) in [6.07, 6.45) is 0. The first-order chi connectivity index (χ1) is 5.66. The van der Waals surface area contributed by atoms with Crippen LogP contribution >= 0.6 is 0 Å². The first kappa shape index (κ1) is 7.41. The van der Waals surface area contributed by atoms with Crippen molar-refractivity contribution in [3.63, 3.8) is 0 Å². The second kappa shape index (κ2) is 2.37. The molecule has 1 aromatic carbocycles. The Morgan fingerprint density at radius 3 is 2.83 bits per heavy atom. The van der Waals surface area contributed by atoms with E-state index in [1.54, 1.807) is 0 Å². The first-order valence-corrected chi connectivity index (χ1v) is 4.01. The quantitative estimate of drug-likeness (QED) is 0.529. The maximum absolute atomic E-state index is 5.39. The summed E-state index contributed by atoms with van der Waals surface area (Å²) in [5, 5.41) is 0. The average Bonchev–Trinajstić information content (AvgIpc) is 2.30. The smallest absolute Gasteiger partial charge is 0.192 e. The number of aromatic nitrogens is 1. The lowest BCUT2D eigenvalue weighted by Crippen LogP contribution is -2.05. The first-order valence-electron chi connectivity index (χ1n) is 4.01. The largest absolute Gasteiger partial charge is 0.441 e. The van der Waals surface area contributed by atoms with Crippen molar-refractivity contribution in [2.75, 3.05) is 0 Å². The van der Waals surface area contributed by atoms with Gasteiger partial charge in [-0.05, 0) is 19.1 Å². The fraction of sp³-hybridized carbons (Fsp3) is 0.222. The van der Waals surface area contributed by atoms with E-state index in [1.807, 2.05) is 13.0 Å². The van der Waals surface area contributed by atoms with Crippen LogP contribution in [-0.2, 0) is 0 Å². The third-order valence-electron chi connectivity index (χ3n) is 2.11. The number of hydrogen-bond acceptors (Lipinski definition) is 2. The van der Waals surface area contributed by atoms with Crippen molar-refractivity contribution in [3.05, 3.63) is 23.6 Å². The fourth-order valence-corrected chi connectivity index (χ4v) is 1.30. The Balaban J connectivity index is 2.83. The van der Waals surface area contributed by atoms with Crippen LogP contribution in [-0.4, -0.2) is 12.8 Å². The van der Waals surface area contributed by atoms with Crippen LogP contribution in [0.1, 0.15) is 11.5 Å². The van der Waals surface area contributed by atoms with Gasteiger partial charge in [0.2, 0.25) is 0 Å². The Kier molecular flexibility index (Phi) is 1.46. The SMILES string of the molecule is Bc1cc2oc(C)nc2cc1C. The van der Waals surface area contributed by atoms with E-state index in [0.717, 1.165) is 17.0 Å². The summed E-state index contributed by atoms with van der Waals surface area (Å²) in [6, 6.07) is 4.09. The summed E-state index contributed by atoms with van der Waals surface area (Å²) in [5.74, 6) is 0.731. The number of benzene rings is 1. The second-order valence-corrected chi connectivity index (χ2v) is 3.14. The average molecular weight is 159 g/mol. The van der Waals surface area contributed by atoms with Crippen molar-refractivity contribution in [1.82, 2.24) is 4.98 Å². The molecule has 3 heteroatoms. The van der Waals surface area contributed by atoms with Gasteiger partial charge in [-0.3, -0.25) is 0 Å². The third-order valence-corrected chi connectivity index (χ3v) is 2.11. The van der Waals surface area contributed by atoms with Gasteiger partial charge >= 0.3 is 0 Å². The molecule has 0 aliphatic rings. The molecule has 0 aliphatic heterocycles. The van der Waals surface area contributed by atoms with Gasteiger partial charge in [0, 0.05) is 6.92 Å². The second-order valence-electron chi connectivity index (χ2n) is 3.14. The van der Waals surface area contributed by atoms with Crippen LogP contribution in [0, 0.1) is 13.8 Å². The van der Waals surface area contributed by atoms with Crippen molar-refractivity contribution in [2.24, 2.45) is 0 Å². The minimum Gasteiger partial charge on any atom is -0.441 e. The van der Waals surface area contributed by atoms with E-state index < -0.39 is 0 Å². The maximum Gasteiger partial charge on any atom is 0.192 e. The Hall–Kier alpha value is -1.25. The molecule has 2 nitrogen and oxygen atoms in total. The molecule has 0 saturated carbocycles. The van der Waals surface area contributed by atoms with Gasteiger partial charge in [-0.15, -0.1) is 0 Å². The zero-order valence-corrected chi connectivity index (χ0v) is 7.51. The summed E-state index contributed by atoms with van der Waals surface area (Å²) < 4.78 is 5.39. The highest BCUT2D eigenvalue weighted by Gasteiger charge is 2.03. The Morgan fingerprint density at radius 1 is 1.33 bits per heavy atom. The lowest BCUT2D eigenvalue weighted by molar-refractivity contribution is 0.561. The van der Waals surface area contributed by atoms with E-state index in [-0.39, 0.29) is 0 Å². The standard InChI is InChI=1S/C9H10BNO/c1-5-3-8-9(4-7(5)10)12-6(2)11-8/h3-4H,10H2,1-2H3. The van der Waals surface area contributed by atoms with E-state index in [0.29, 0.717) is 0 Å². The number of nitrogens with zero attached hydrogens (tertiary/aromatic N) is 1. The molecule has 0 bridgehead atoms. The molecule has 0 aliphatic carbocycles. The topological polar surface area (TPSA) is 26.0 Å². The zero-order chi connectivity index (χ0) is 8.72. The molecular weight excluding hydrogens is 149 g/mol. The summed E-state index contributed by atoms with van der Waals surface area (Å²) in [7, 11) is 2.08. The van der Waals surface area contributed by atoms with Crippen LogP contribution in [0.15, 0.2) is 16.5 Å². The minimum atomic E-state index is 0.731. The molecule has 2 rings (SSSR count). The fourth-order valence-electron chi connectivity index (χ4n) is 1.30. The van der Waals surface area contributed by atoms with Crippen molar-refractivity contribution < 1.29 is 4.42 Å². The summed E-state index contributed by atoms with van der Waals surface area (Å²) in [4.78, 5) is 4.25. The minimum absolute atomic E-state index is 0.731. The van der Waals surface area contributed by atoms with Gasteiger partial charge in [0.25, 0.3) is 0 Å². The van der Waals surface area contributed by atoms with Gasteiger partial charge in [-0.25, -0.2) is 4.98 Å². The van der Waals surface area contributed by atoms with E-state index in [4.69, 9.17) is 4.42 Å². The van der Waals surface area contributed by atoms with Crippen LogP contribution in [0.5, 0.6) is 0 Å². The number of rotatable bonds is 0. The molecule has 2 aromatic rings. The monoisotopic (exact) mass is 159 g/mol. The van der Waals surface area contributed by atoms with E-state index in [9.17, 15) is 0 Å². The van der Waals surface area contributed by atoms with E-state index in [1.165, 1.54) is 11.0 Å². The molecule has 0 fully saturated rings. The third kappa shape index (κ3) is 1.02. The van der Waals surface area contributed by atoms with Crippen LogP contribution in [0.25, 0.3) is 11.1 Å². The molecule has 0 atom stereocenters. The van der Waals surface area contributed by atoms with Gasteiger partial charge in [-0.1, -0.05) is 11.0 Å². The molecule has 0 N–H and O–H groups in total. The van der Waals surface area contributed by atoms with Crippen molar-refractivity contribution in [3.8, 4) is 0 Å². The van der Waals surface area contributed by atoms with Gasteiger partial charge in [0.1, 0.15) is 13.4 Å². The maximum atomic E-state index is 5.39. The van der Waals surface area contributed by atoms with Crippen LogP contribution in [0.2, 0.25) is 0 Å². The van der Waals surface area contributed by atoms with Gasteiger partial charge in [-0.2, -0.15) is 0 Å². The summed E-state index contributed by atoms with van der Waals surface area (Å²) in [5.41, 5.74) is 4.35. The van der Waals surface area contributed by atoms with E-state index in [2.05, 4.69) is 25.8 Å². The molecule has 0 amide bonds. The normalized spacial score (nSPS) is 10.8. The molecule has 0 saturated heterocycles. The lowest BCUT2D eigenvalue weighted by Gasteiger charge is -1.96. The Bertz CT molecular complexity index is 394. The molecule has 0 unspecified atom stereocenters. The van der Waals surface area contributed by atoms with Crippen molar-refractivity contribution in [1.29, 1.82) is 0 Å². The molecule has 0 spiro atoms. The molecule has 60 valence electrons. The lowest BCUT2D eigenvalue weighted by atomic mass is 9.91. The summed E-state index contributed by atoms with van der Waals surface area (Å²) in [6.45, 7) is 3.95. The van der Waals surface area contributed by atoms with Crippen LogP contribution in [0.3, 0.4) is 0 Å². The highest BCUT2D eigenvalue weighted by molar-refractivity contribution is 6.34. The molecular formula is C9H10BNO. The number of aryl methyl sites for hydroxylation is 2. The Labute approximate surface area is 72.0 Å². The van der Waals surface area contributed by atoms with Crippen molar-refractivity contribution >= 4 is 24.4 Å². The van der Waals surface area contributed by atoms with Gasteiger partial charge < -0.3 is 4.42 Å². The molecule has 0 radical (unpaired) electrons. The predicted octanol–water partition coefficient (Wildman–Crippen LogP) is 0.703. The van der Waals surface area contributed by atoms with Crippen molar-refractivity contribution in [2.45, 2.75) is 13.8 Å². The van der Waals surface area contributed by atoms with Gasteiger partial charge in [0.05, 0.1) is 0 Å². The molecule has 12 heavy (non-hydrogen) atoms. The highest BCUT2D eigenvalue weighted by atomic mass is 16.3. The number of fused-ring (bicyclic) bond motifs is 1. The number of hydrogen-bond donors (Lipinski definition) is 0.